The van der Waals surface area contributed by atoms with Crippen LogP contribution in [-0.2, 0) is 78.6 Å². The lowest BCUT2D eigenvalue weighted by Crippen LogP contribution is -2.61. The zero-order valence-electron chi connectivity index (χ0n) is 51.8. The molecule has 8 rings (SSSR count). The minimum absolute atomic E-state index is 0.0385. The molecule has 1 aromatic heterocycles. The first-order valence-electron chi connectivity index (χ1n) is 30.5. The van der Waals surface area contributed by atoms with Crippen molar-refractivity contribution in [3.8, 4) is 5.75 Å². The second-order valence-electron chi connectivity index (χ2n) is 22.3. The maximum atomic E-state index is 15.3. The molecular weight excluding hydrogens is 1230 g/mol. The second-order valence-corrected chi connectivity index (χ2v) is 22.3. The second kappa shape index (κ2) is 37.1. The number of fused-ring (bicyclic) bond motifs is 2. The van der Waals surface area contributed by atoms with Crippen LogP contribution in [0.1, 0.15) is 72.4 Å². The number of aromatic nitrogens is 1. The van der Waals surface area contributed by atoms with Gasteiger partial charge < -0.3 is 94.6 Å². The molecule has 29 nitrogen and oxygen atoms in total. The summed E-state index contributed by atoms with van der Waals surface area (Å²) in [6.07, 6.45) is -0.413. The summed E-state index contributed by atoms with van der Waals surface area (Å²) in [5.41, 5.74) is 25.3. The van der Waals surface area contributed by atoms with Crippen LogP contribution in [0.5, 0.6) is 5.75 Å². The van der Waals surface area contributed by atoms with Crippen LogP contribution in [0.3, 0.4) is 0 Å². The Bertz CT molecular complexity index is 3530. The molecule has 0 aliphatic carbocycles. The van der Waals surface area contributed by atoms with E-state index in [0.717, 1.165) is 16.5 Å². The Kier molecular flexibility index (Phi) is 28.6. The van der Waals surface area contributed by atoms with Gasteiger partial charge in [0, 0.05) is 55.9 Å². The number of carboxylic acid groups (broad SMARTS) is 4. The number of carbonyl (C=O) groups is 11. The number of nitrogens with one attached hydrogen (secondary N) is 7. The summed E-state index contributed by atoms with van der Waals surface area (Å²) >= 11 is 0. The van der Waals surface area contributed by atoms with Crippen molar-refractivity contribution in [3.05, 3.63) is 174 Å². The number of ether oxygens (including phenoxy) is 2. The van der Waals surface area contributed by atoms with Crippen LogP contribution in [0, 0.1) is 0 Å². The Morgan fingerprint density at radius 3 is 1.65 bits per heavy atom. The minimum Gasteiger partial charge on any atom is -0.489 e. The van der Waals surface area contributed by atoms with Gasteiger partial charge in [-0.2, -0.15) is 0 Å². The molecular formula is C66H80N12O17. The highest BCUT2D eigenvalue weighted by Gasteiger charge is 2.45. The summed E-state index contributed by atoms with van der Waals surface area (Å²) in [5.74, 6) is -8.76. The van der Waals surface area contributed by atoms with Gasteiger partial charge >= 0.3 is 30.0 Å². The molecule has 3 heterocycles. The van der Waals surface area contributed by atoms with Gasteiger partial charge in [0.15, 0.2) is 0 Å². The van der Waals surface area contributed by atoms with E-state index in [0.29, 0.717) is 54.0 Å². The van der Waals surface area contributed by atoms with Gasteiger partial charge in [0.2, 0.25) is 35.4 Å². The normalized spacial score (nSPS) is 19.9. The number of aromatic amines is 1. The van der Waals surface area contributed by atoms with Crippen molar-refractivity contribution < 1.29 is 82.6 Å². The van der Waals surface area contributed by atoms with Crippen molar-refractivity contribution in [3.63, 3.8) is 0 Å². The topological polar surface area (TPSA) is 482 Å². The van der Waals surface area contributed by atoms with E-state index in [1.165, 1.54) is 4.90 Å². The van der Waals surface area contributed by atoms with E-state index >= 15 is 9.59 Å². The number of amides is 7. The number of alkyl carbamates (subject to hydrolysis) is 1. The Morgan fingerprint density at radius 1 is 0.558 bits per heavy atom. The van der Waals surface area contributed by atoms with Gasteiger partial charge in [0.25, 0.3) is 0 Å². The van der Waals surface area contributed by atoms with Gasteiger partial charge in [0.05, 0.1) is 19.4 Å². The Morgan fingerprint density at radius 2 is 1.07 bits per heavy atom. The van der Waals surface area contributed by atoms with Gasteiger partial charge in [-0.05, 0) is 71.8 Å². The molecule has 2 fully saturated rings. The fraction of sp³-hybridized carbons (Fsp3) is 0.348. The number of nitrogens with two attached hydrogens (primary N) is 4. The average Bonchev–Trinajstić information content (AvgIpc) is 1.72. The molecule has 29 heteroatoms. The largest absolute Gasteiger partial charge is 0.489 e. The van der Waals surface area contributed by atoms with E-state index in [9.17, 15) is 43.2 Å². The van der Waals surface area contributed by atoms with Crippen molar-refractivity contribution >= 4 is 76.3 Å². The van der Waals surface area contributed by atoms with Crippen molar-refractivity contribution in [2.24, 2.45) is 22.9 Å². The fourth-order valence-corrected chi connectivity index (χ4v) is 10.2. The molecule has 5 aromatic carbocycles. The molecule has 1 unspecified atom stereocenters. The number of nitrogens with zero attached hydrogens (tertiary/aromatic N) is 1. The van der Waals surface area contributed by atoms with Crippen LogP contribution in [0.15, 0.2) is 146 Å². The van der Waals surface area contributed by atoms with E-state index in [4.69, 9.17) is 52.8 Å². The zero-order chi connectivity index (χ0) is 69.0. The molecule has 2 aliphatic heterocycles. The van der Waals surface area contributed by atoms with Crippen LogP contribution in [0.4, 0.5) is 4.79 Å². The van der Waals surface area contributed by atoms with Crippen LogP contribution in [-0.4, -0.2) is 170 Å². The first-order valence-corrected chi connectivity index (χ1v) is 30.5. The molecule has 506 valence electrons. The predicted octanol–water partition coefficient (Wildman–Crippen LogP) is 1.11. The highest BCUT2D eigenvalue weighted by molar-refractivity contribution is 5.99. The number of H-pyrrole nitrogens is 1. The molecule has 7 amide bonds. The fourth-order valence-electron chi connectivity index (χ4n) is 10.2. The molecule has 0 saturated carbocycles. The van der Waals surface area contributed by atoms with Crippen molar-refractivity contribution in [1.82, 2.24) is 41.8 Å². The lowest BCUT2D eigenvalue weighted by molar-refractivity contribution is -0.144. The predicted molar refractivity (Wildman–Crippen MR) is 344 cm³/mol. The van der Waals surface area contributed by atoms with Gasteiger partial charge in [-0.15, -0.1) is 0 Å². The lowest BCUT2D eigenvalue weighted by atomic mass is 9.99. The molecule has 0 radical (unpaired) electrons. The number of hydrogen-bond acceptors (Lipinski definition) is 17. The molecule has 9 atom stereocenters. The van der Waals surface area contributed by atoms with Crippen LogP contribution in [0.25, 0.3) is 10.9 Å². The highest BCUT2D eigenvalue weighted by Crippen LogP contribution is 2.26. The number of carbonyl (C=O) groups excluding carboxylic acids is 7. The SMILES string of the molecule is NCCCC[C@@H]1NC(=O)[C@@H](Cc2c[nH]c3ccccc23)NC(=O)C(c2ccccc2)NC(=O)[C@@H]2C[C@@H](OC(=O)NCCN)CN2C(=O)[C@H](Cc2ccccc2)NC(=O)[C@H](Cc2ccc(OCc3ccccc3)cc2)NC1=O.N[C@@H](CC(=O)O)C(=O)O.N[C@@H](CC(=O)O)C(=O)O. The highest BCUT2D eigenvalue weighted by atomic mass is 16.6. The first-order chi connectivity index (χ1) is 45.5. The number of benzene rings is 5. The summed E-state index contributed by atoms with van der Waals surface area (Å²) in [6, 6.07) is 31.0. The number of para-hydroxylation sites is 1. The van der Waals surface area contributed by atoms with E-state index in [2.05, 4.69) is 36.9 Å². The van der Waals surface area contributed by atoms with Gasteiger partial charge in [0.1, 0.15) is 66.8 Å². The lowest BCUT2D eigenvalue weighted by Gasteiger charge is -2.32. The maximum absolute atomic E-state index is 15.3. The third-order valence-corrected chi connectivity index (χ3v) is 15.1. The summed E-state index contributed by atoms with van der Waals surface area (Å²) < 4.78 is 11.8. The first kappa shape index (κ1) is 73.3. The molecule has 2 aliphatic rings. The van der Waals surface area contributed by atoms with Gasteiger partial charge in [-0.3, -0.25) is 47.9 Å². The standard InChI is InChI=1S/C58H66N10O9.2C4H7NO4/c59-27-13-12-22-46-52(69)64-47(30-38-23-25-42(26-24-38)76-36-39-16-6-2-7-17-39)53(70)66-49(31-37-14-4-1-5-15-37)57(74)68-35-43(77-58(75)61-29-28-60)33-50(68)55(72)67-51(40-18-8-3-9-19-40)56(73)65-48(54(71)63-46)32-41-34-62-45-21-11-10-20-44(41)45;2*5-2(4(8)9)1-3(6)7/h1-11,14-21,23-26,34,43,46-51,62H,12-13,22,27-33,35-36,59-60H2,(H,61,75)(H,63,71)(H,64,69)(H,65,73)(H,66,70)(H,67,72);2*2H,1,5H2,(H,6,7)(H,8,9)/t43-,46+,47+,48-,49+,50+,51?;2*2-/m100/s1. The minimum atomic E-state index is -1.42. The quantitative estimate of drug-likeness (QED) is 0.0400. The Balaban J connectivity index is 0.000000693. The third kappa shape index (κ3) is 23.4. The van der Waals surface area contributed by atoms with Crippen LogP contribution >= 0.6 is 0 Å². The van der Waals surface area contributed by atoms with Gasteiger partial charge in [-0.25, -0.2) is 4.79 Å². The maximum Gasteiger partial charge on any atom is 0.407 e. The van der Waals surface area contributed by atoms with Crippen LogP contribution < -0.4 is 59.6 Å². The number of unbranched alkanes of at least 4 members (excludes halogenated alkanes) is 1. The van der Waals surface area contributed by atoms with Crippen molar-refractivity contribution in [2.75, 3.05) is 26.2 Å². The number of hydrogen-bond donors (Lipinski definition) is 15. The molecule has 6 aromatic rings. The Hall–Kier alpha value is -10.7. The van der Waals surface area contributed by atoms with Gasteiger partial charge in [-0.1, -0.05) is 121 Å². The number of rotatable bonds is 23. The Labute approximate surface area is 546 Å². The number of aliphatic carboxylic acids is 4. The summed E-state index contributed by atoms with van der Waals surface area (Å²) in [5, 5.41) is 49.9. The average molecular weight is 1310 g/mol. The summed E-state index contributed by atoms with van der Waals surface area (Å²) in [4.78, 5) is 147. The molecule has 0 bridgehead atoms. The summed E-state index contributed by atoms with van der Waals surface area (Å²) in [6.45, 7) is 0.617. The van der Waals surface area contributed by atoms with E-state index in [-0.39, 0.29) is 51.7 Å². The summed E-state index contributed by atoms with van der Waals surface area (Å²) in [7, 11) is 0. The molecule has 95 heavy (non-hydrogen) atoms. The van der Waals surface area contributed by atoms with E-state index in [1.807, 2.05) is 60.7 Å². The van der Waals surface area contributed by atoms with E-state index in [1.54, 1.807) is 85.1 Å². The molecule has 2 saturated heterocycles. The van der Waals surface area contributed by atoms with Crippen LogP contribution in [0.2, 0.25) is 0 Å². The number of carboxylic acids is 4. The third-order valence-electron chi connectivity index (χ3n) is 15.1. The van der Waals surface area contributed by atoms with Crippen molar-refractivity contribution in [2.45, 2.75) is 119 Å². The molecule has 0 spiro atoms. The van der Waals surface area contributed by atoms with Crippen molar-refractivity contribution in [1.29, 1.82) is 0 Å². The molecule has 19 N–H and O–H groups in total. The monoisotopic (exact) mass is 1310 g/mol. The van der Waals surface area contributed by atoms with E-state index < -0.39 is 133 Å². The smallest absolute Gasteiger partial charge is 0.407 e. The zero-order valence-corrected chi connectivity index (χ0v) is 51.8.